The van der Waals surface area contributed by atoms with Crippen molar-refractivity contribution in [2.75, 3.05) is 11.1 Å². The number of carbonyl (C=O) groups is 2. The number of ketones is 1. The van der Waals surface area contributed by atoms with Crippen LogP contribution in [0.2, 0.25) is 0 Å². The Morgan fingerprint density at radius 2 is 1.81 bits per heavy atom. The van der Waals surface area contributed by atoms with Crippen molar-refractivity contribution < 1.29 is 14.3 Å². The summed E-state index contributed by atoms with van der Waals surface area (Å²) >= 11 is 1.29. The molecule has 0 fully saturated rings. The number of nitrogens with one attached hydrogen (secondary N) is 1. The van der Waals surface area contributed by atoms with Crippen molar-refractivity contribution in [1.29, 1.82) is 0 Å². The minimum Gasteiger partial charge on any atom is -0.486 e. The molecule has 0 aliphatic carbocycles. The van der Waals surface area contributed by atoms with Gasteiger partial charge in [-0.2, -0.15) is 0 Å². The minimum absolute atomic E-state index is 0.0468. The number of thioether (sulfide) groups is 1. The van der Waals surface area contributed by atoms with Crippen LogP contribution < -0.4 is 10.1 Å². The second kappa shape index (κ2) is 9.99. The van der Waals surface area contributed by atoms with Gasteiger partial charge in [-0.05, 0) is 42.2 Å². The first-order valence-corrected chi connectivity index (χ1v) is 11.3. The van der Waals surface area contributed by atoms with Gasteiger partial charge in [0.1, 0.15) is 12.4 Å². The Bertz CT molecular complexity index is 1100. The summed E-state index contributed by atoms with van der Waals surface area (Å²) in [4.78, 5) is 23.8. The van der Waals surface area contributed by atoms with E-state index in [1.807, 2.05) is 23.7 Å². The van der Waals surface area contributed by atoms with Crippen LogP contribution in [0.5, 0.6) is 5.75 Å². The molecule has 0 unspecified atom stereocenters. The zero-order chi connectivity index (χ0) is 23.3. The molecule has 8 heteroatoms. The molecule has 0 spiro atoms. The molecule has 0 saturated carbocycles. The molecule has 1 aromatic heterocycles. The van der Waals surface area contributed by atoms with Crippen LogP contribution in [0.15, 0.2) is 53.7 Å². The van der Waals surface area contributed by atoms with Crippen molar-refractivity contribution in [3.8, 4) is 5.75 Å². The van der Waals surface area contributed by atoms with Crippen LogP contribution in [0.25, 0.3) is 0 Å². The fourth-order valence-electron chi connectivity index (χ4n) is 2.94. The van der Waals surface area contributed by atoms with Gasteiger partial charge in [0.25, 0.3) is 0 Å². The van der Waals surface area contributed by atoms with Crippen molar-refractivity contribution in [3.05, 3.63) is 65.5 Å². The highest BCUT2D eigenvalue weighted by molar-refractivity contribution is 7.99. The van der Waals surface area contributed by atoms with Crippen LogP contribution in [0.4, 0.5) is 5.69 Å². The summed E-state index contributed by atoms with van der Waals surface area (Å²) < 4.78 is 7.67. The highest BCUT2D eigenvalue weighted by Crippen LogP contribution is 2.25. The van der Waals surface area contributed by atoms with E-state index in [-0.39, 0.29) is 29.5 Å². The lowest BCUT2D eigenvalue weighted by Crippen LogP contribution is -2.15. The highest BCUT2D eigenvalue weighted by atomic mass is 32.2. The van der Waals surface area contributed by atoms with Gasteiger partial charge in [0.05, 0.1) is 5.75 Å². The van der Waals surface area contributed by atoms with Gasteiger partial charge in [-0.15, -0.1) is 10.2 Å². The van der Waals surface area contributed by atoms with Gasteiger partial charge >= 0.3 is 0 Å². The largest absolute Gasteiger partial charge is 0.486 e. The van der Waals surface area contributed by atoms with Crippen LogP contribution in [-0.2, 0) is 23.9 Å². The van der Waals surface area contributed by atoms with E-state index in [0.29, 0.717) is 22.2 Å². The lowest BCUT2D eigenvalue weighted by Gasteiger charge is -2.19. The van der Waals surface area contributed by atoms with Gasteiger partial charge in [-0.3, -0.25) is 9.59 Å². The zero-order valence-corrected chi connectivity index (χ0v) is 19.8. The predicted molar refractivity (Wildman–Crippen MR) is 126 cm³/mol. The van der Waals surface area contributed by atoms with Crippen molar-refractivity contribution in [2.45, 2.75) is 44.9 Å². The molecule has 0 aliphatic rings. The lowest BCUT2D eigenvalue weighted by molar-refractivity contribution is -0.113. The van der Waals surface area contributed by atoms with Gasteiger partial charge in [-0.25, -0.2) is 0 Å². The number of nitrogens with zero attached hydrogens (tertiary/aromatic N) is 3. The van der Waals surface area contributed by atoms with Crippen molar-refractivity contribution in [2.24, 2.45) is 7.05 Å². The summed E-state index contributed by atoms with van der Waals surface area (Å²) in [6.07, 6.45) is 0. The zero-order valence-electron chi connectivity index (χ0n) is 19.0. The Hall–Kier alpha value is -3.13. The van der Waals surface area contributed by atoms with Gasteiger partial charge in [-0.1, -0.05) is 56.8 Å². The summed E-state index contributed by atoms with van der Waals surface area (Å²) in [5.74, 6) is 1.38. The molecule has 2 aromatic carbocycles. The number of carbonyl (C=O) groups excluding carboxylic acids is 2. The Kier molecular flexibility index (Phi) is 7.35. The number of Topliss-reactive ketones (excluding diaryl/α,β-unsaturated/α-hetero) is 1. The fraction of sp³-hybridized carbons (Fsp3) is 0.333. The van der Waals surface area contributed by atoms with Crippen molar-refractivity contribution in [1.82, 2.24) is 14.8 Å². The van der Waals surface area contributed by atoms with E-state index in [1.54, 1.807) is 24.3 Å². The molecule has 168 valence electrons. The van der Waals surface area contributed by atoms with Crippen LogP contribution in [0.3, 0.4) is 0 Å². The third kappa shape index (κ3) is 6.20. The van der Waals surface area contributed by atoms with E-state index in [1.165, 1.54) is 24.2 Å². The second-order valence-corrected chi connectivity index (χ2v) is 9.44. The maximum atomic E-state index is 12.3. The van der Waals surface area contributed by atoms with E-state index >= 15 is 0 Å². The molecule has 3 rings (SSSR count). The number of ether oxygens (including phenoxy) is 1. The summed E-state index contributed by atoms with van der Waals surface area (Å²) in [5.41, 5.74) is 2.49. The van der Waals surface area contributed by atoms with Gasteiger partial charge < -0.3 is 14.6 Å². The highest BCUT2D eigenvalue weighted by Gasteiger charge is 2.15. The first-order chi connectivity index (χ1) is 15.1. The molecule has 0 bridgehead atoms. The molecule has 0 aliphatic heterocycles. The molecule has 1 amide bonds. The number of aromatic nitrogens is 3. The first-order valence-electron chi connectivity index (χ1n) is 10.3. The Labute approximate surface area is 192 Å². The molecule has 1 N–H and O–H groups in total. The predicted octanol–water partition coefficient (Wildman–Crippen LogP) is 4.63. The first kappa shape index (κ1) is 23.5. The quantitative estimate of drug-likeness (QED) is 0.396. The maximum absolute atomic E-state index is 12.3. The van der Waals surface area contributed by atoms with Crippen LogP contribution in [-0.4, -0.2) is 32.2 Å². The Morgan fingerprint density at radius 3 is 2.47 bits per heavy atom. The summed E-state index contributed by atoms with van der Waals surface area (Å²) in [6, 6.07) is 14.9. The van der Waals surface area contributed by atoms with Crippen molar-refractivity contribution in [3.63, 3.8) is 0 Å². The van der Waals surface area contributed by atoms with E-state index in [2.05, 4.69) is 48.4 Å². The molecule has 0 saturated heterocycles. The maximum Gasteiger partial charge on any atom is 0.234 e. The summed E-state index contributed by atoms with van der Waals surface area (Å²) in [7, 11) is 1.85. The average molecular weight is 453 g/mol. The topological polar surface area (TPSA) is 86.1 Å². The van der Waals surface area contributed by atoms with Crippen LogP contribution in [0.1, 0.15) is 49.4 Å². The number of hydrogen-bond acceptors (Lipinski definition) is 6. The van der Waals surface area contributed by atoms with Crippen molar-refractivity contribution >= 4 is 29.1 Å². The van der Waals surface area contributed by atoms with Gasteiger partial charge in [0.15, 0.2) is 16.8 Å². The third-order valence-corrected chi connectivity index (χ3v) is 5.92. The summed E-state index contributed by atoms with van der Waals surface area (Å²) in [5, 5.41) is 11.8. The Balaban J connectivity index is 1.53. The van der Waals surface area contributed by atoms with Crippen LogP contribution in [0, 0.1) is 0 Å². The number of rotatable bonds is 8. The normalized spacial score (nSPS) is 11.3. The smallest absolute Gasteiger partial charge is 0.234 e. The monoisotopic (exact) mass is 452 g/mol. The fourth-order valence-corrected chi connectivity index (χ4v) is 3.67. The third-order valence-electron chi connectivity index (χ3n) is 4.90. The molecule has 0 radical (unpaired) electrons. The number of amides is 1. The number of benzene rings is 2. The number of hydrogen-bond donors (Lipinski definition) is 1. The van der Waals surface area contributed by atoms with Gasteiger partial charge in [0.2, 0.25) is 5.91 Å². The lowest BCUT2D eigenvalue weighted by atomic mass is 9.87. The van der Waals surface area contributed by atoms with E-state index < -0.39 is 0 Å². The number of anilines is 1. The molecule has 0 atom stereocenters. The molecular formula is C24H28N4O3S. The SMILES string of the molecule is CC(=O)c1cccc(NC(=O)CSc2nnc(COc3ccc(C(C)(C)C)cc3)n2C)c1. The second-order valence-electron chi connectivity index (χ2n) is 8.49. The van der Waals surface area contributed by atoms with E-state index in [4.69, 9.17) is 4.74 Å². The molecule has 1 heterocycles. The average Bonchev–Trinajstić information content (AvgIpc) is 3.10. The summed E-state index contributed by atoms with van der Waals surface area (Å²) in [6.45, 7) is 8.29. The van der Waals surface area contributed by atoms with Crippen LogP contribution >= 0.6 is 11.8 Å². The molecular weight excluding hydrogens is 424 g/mol. The molecule has 7 nitrogen and oxygen atoms in total. The Morgan fingerprint density at radius 1 is 1.09 bits per heavy atom. The van der Waals surface area contributed by atoms with Gasteiger partial charge in [0, 0.05) is 18.3 Å². The standard InChI is InChI=1S/C24H28N4O3S/c1-16(29)17-7-6-8-19(13-17)25-22(30)15-32-23-27-26-21(28(23)5)14-31-20-11-9-18(10-12-20)24(2,3)4/h6-13H,14-15H2,1-5H3,(H,25,30). The molecule has 32 heavy (non-hydrogen) atoms. The minimum atomic E-state index is -0.185. The molecule has 3 aromatic rings. The van der Waals surface area contributed by atoms with E-state index in [0.717, 1.165) is 5.75 Å². The van der Waals surface area contributed by atoms with E-state index in [9.17, 15) is 9.59 Å².